The quantitative estimate of drug-likeness (QED) is 0.546. The summed E-state index contributed by atoms with van der Waals surface area (Å²) in [5.74, 6) is 2.14. The summed E-state index contributed by atoms with van der Waals surface area (Å²) < 4.78 is 5.86. The van der Waals surface area contributed by atoms with Crippen molar-refractivity contribution in [2.75, 3.05) is 12.0 Å². The minimum Gasteiger partial charge on any atom is -0.481 e. The van der Waals surface area contributed by atoms with Gasteiger partial charge in [-0.1, -0.05) is 23.7 Å². The molecule has 3 rings (SSSR count). The molecule has 2 aromatic carbocycles. The number of carbonyl (C=O) groups is 1. The molecule has 7 heteroatoms. The fourth-order valence-electron chi connectivity index (χ4n) is 2.93. The van der Waals surface area contributed by atoms with E-state index in [1.807, 2.05) is 43.5 Å². The van der Waals surface area contributed by atoms with E-state index in [1.165, 1.54) is 0 Å². The second-order valence-electron chi connectivity index (χ2n) is 6.65. The second kappa shape index (κ2) is 9.34. The number of nitrogens with zero attached hydrogens (tertiary/aromatic N) is 1. The smallest absolute Gasteiger partial charge is 0.261 e. The van der Waals surface area contributed by atoms with Crippen molar-refractivity contribution in [2.45, 2.75) is 32.4 Å². The van der Waals surface area contributed by atoms with E-state index in [2.05, 4.69) is 15.3 Å². The number of hydrogen-bond donors (Lipinski definition) is 2. The van der Waals surface area contributed by atoms with Gasteiger partial charge in [-0.2, -0.15) is 11.8 Å². The van der Waals surface area contributed by atoms with Gasteiger partial charge >= 0.3 is 0 Å². The van der Waals surface area contributed by atoms with E-state index in [0.29, 0.717) is 10.8 Å². The zero-order valence-corrected chi connectivity index (χ0v) is 17.7. The van der Waals surface area contributed by atoms with Crippen LogP contribution in [0.5, 0.6) is 5.75 Å². The largest absolute Gasteiger partial charge is 0.481 e. The molecule has 0 radical (unpaired) electrons. The van der Waals surface area contributed by atoms with Crippen LogP contribution in [0.25, 0.3) is 11.0 Å². The maximum atomic E-state index is 12.8. The lowest BCUT2D eigenvalue weighted by molar-refractivity contribution is -0.128. The van der Waals surface area contributed by atoms with E-state index in [1.54, 1.807) is 30.8 Å². The summed E-state index contributed by atoms with van der Waals surface area (Å²) in [5.41, 5.74) is 2.74. The number of imidazole rings is 1. The lowest BCUT2D eigenvalue weighted by Gasteiger charge is -2.21. The Morgan fingerprint density at radius 3 is 2.82 bits per heavy atom. The van der Waals surface area contributed by atoms with E-state index in [4.69, 9.17) is 16.3 Å². The zero-order chi connectivity index (χ0) is 20.1. The van der Waals surface area contributed by atoms with Crippen LogP contribution in [0.4, 0.5) is 0 Å². The molecule has 0 aliphatic carbocycles. The van der Waals surface area contributed by atoms with E-state index in [9.17, 15) is 4.79 Å². The Labute approximate surface area is 174 Å². The first-order valence-corrected chi connectivity index (χ1v) is 10.9. The van der Waals surface area contributed by atoms with Crippen molar-refractivity contribution in [2.24, 2.45) is 0 Å². The lowest BCUT2D eigenvalue weighted by atomic mass is 10.2. The number of aromatic amines is 1. The average molecular weight is 418 g/mol. The van der Waals surface area contributed by atoms with E-state index < -0.39 is 6.10 Å². The molecule has 5 nitrogen and oxygen atoms in total. The standard InChI is InChI=1S/C21H24ClN3O2S/c1-13-12-15(22)8-9-19(13)27-14(2)21(26)25-18(10-11-28-3)20-23-16-6-4-5-7-17(16)24-20/h4-9,12,14,18H,10-11H2,1-3H3,(H,23,24)(H,25,26)/t14-,18-/m0/s1. The molecular formula is C21H24ClN3O2S. The molecule has 0 fully saturated rings. The molecule has 1 heterocycles. The van der Waals surface area contributed by atoms with Gasteiger partial charge in [-0.3, -0.25) is 4.79 Å². The predicted molar refractivity (Wildman–Crippen MR) is 116 cm³/mol. The third-order valence-electron chi connectivity index (χ3n) is 4.47. The number of halogens is 1. The first-order valence-electron chi connectivity index (χ1n) is 9.14. The number of thioether (sulfide) groups is 1. The highest BCUT2D eigenvalue weighted by Gasteiger charge is 2.23. The maximum Gasteiger partial charge on any atom is 0.261 e. The molecule has 28 heavy (non-hydrogen) atoms. The highest BCUT2D eigenvalue weighted by molar-refractivity contribution is 7.98. The van der Waals surface area contributed by atoms with E-state index >= 15 is 0 Å². The number of benzene rings is 2. The van der Waals surface area contributed by atoms with Gasteiger partial charge in [0, 0.05) is 5.02 Å². The number of H-pyrrole nitrogens is 1. The molecule has 2 atom stereocenters. The summed E-state index contributed by atoms with van der Waals surface area (Å²) in [4.78, 5) is 20.8. The Morgan fingerprint density at radius 2 is 2.11 bits per heavy atom. The van der Waals surface area contributed by atoms with Gasteiger partial charge < -0.3 is 15.0 Å². The van der Waals surface area contributed by atoms with Gasteiger partial charge in [0.25, 0.3) is 5.91 Å². The summed E-state index contributed by atoms with van der Waals surface area (Å²) in [7, 11) is 0. The molecule has 1 amide bonds. The van der Waals surface area contributed by atoms with Crippen molar-refractivity contribution in [3.8, 4) is 5.75 Å². The number of rotatable bonds is 8. The summed E-state index contributed by atoms with van der Waals surface area (Å²) in [6.07, 6.45) is 2.19. The monoisotopic (exact) mass is 417 g/mol. The second-order valence-corrected chi connectivity index (χ2v) is 8.07. The highest BCUT2D eigenvalue weighted by Crippen LogP contribution is 2.24. The van der Waals surface area contributed by atoms with Gasteiger partial charge in [0.05, 0.1) is 17.1 Å². The van der Waals surface area contributed by atoms with Crippen LogP contribution in [0.15, 0.2) is 42.5 Å². The number of hydrogen-bond acceptors (Lipinski definition) is 4. The Kier molecular flexibility index (Phi) is 6.86. The molecule has 0 spiro atoms. The third-order valence-corrected chi connectivity index (χ3v) is 5.35. The summed E-state index contributed by atoms with van der Waals surface area (Å²) in [6.45, 7) is 3.65. The van der Waals surface area contributed by atoms with Gasteiger partial charge in [-0.05, 0) is 68.2 Å². The number of aromatic nitrogens is 2. The molecule has 0 unspecified atom stereocenters. The number of ether oxygens (including phenoxy) is 1. The van der Waals surface area contributed by atoms with Crippen molar-refractivity contribution in [1.82, 2.24) is 15.3 Å². The minimum atomic E-state index is -0.638. The first kappa shape index (κ1) is 20.6. The fourth-order valence-corrected chi connectivity index (χ4v) is 3.63. The van der Waals surface area contributed by atoms with Crippen LogP contribution in [-0.2, 0) is 4.79 Å². The zero-order valence-electron chi connectivity index (χ0n) is 16.2. The number of nitrogens with one attached hydrogen (secondary N) is 2. The van der Waals surface area contributed by atoms with Gasteiger partial charge in [-0.15, -0.1) is 0 Å². The lowest BCUT2D eigenvalue weighted by Crippen LogP contribution is -2.39. The Balaban J connectivity index is 1.73. The molecule has 3 aromatic rings. The van der Waals surface area contributed by atoms with Crippen LogP contribution in [0.1, 0.15) is 30.8 Å². The highest BCUT2D eigenvalue weighted by atomic mass is 35.5. The topological polar surface area (TPSA) is 67.0 Å². The van der Waals surface area contributed by atoms with Crippen molar-refractivity contribution in [3.63, 3.8) is 0 Å². The number of amides is 1. The molecule has 0 bridgehead atoms. The summed E-state index contributed by atoms with van der Waals surface area (Å²) >= 11 is 7.72. The molecule has 0 aliphatic rings. The molecule has 0 aliphatic heterocycles. The normalized spacial score (nSPS) is 13.3. The Morgan fingerprint density at radius 1 is 1.32 bits per heavy atom. The van der Waals surface area contributed by atoms with Crippen molar-refractivity contribution < 1.29 is 9.53 Å². The van der Waals surface area contributed by atoms with Gasteiger partial charge in [-0.25, -0.2) is 4.98 Å². The molecule has 0 saturated heterocycles. The van der Waals surface area contributed by atoms with E-state index in [0.717, 1.165) is 34.6 Å². The number of fused-ring (bicyclic) bond motifs is 1. The molecule has 2 N–H and O–H groups in total. The van der Waals surface area contributed by atoms with Crippen LogP contribution in [0.3, 0.4) is 0 Å². The van der Waals surface area contributed by atoms with Crippen LogP contribution >= 0.6 is 23.4 Å². The Bertz CT molecular complexity index is 927. The predicted octanol–water partition coefficient (Wildman–Crippen LogP) is 4.90. The van der Waals surface area contributed by atoms with E-state index in [-0.39, 0.29) is 11.9 Å². The van der Waals surface area contributed by atoms with Crippen LogP contribution in [0.2, 0.25) is 5.02 Å². The SMILES string of the molecule is CSCC[C@H](NC(=O)[C@H](C)Oc1ccc(Cl)cc1C)c1nc2ccccc2[nH]1. The Hall–Kier alpha value is -2.18. The third kappa shape index (κ3) is 5.00. The van der Waals surface area contributed by atoms with Gasteiger partial charge in [0.15, 0.2) is 6.10 Å². The first-order chi connectivity index (χ1) is 13.5. The van der Waals surface area contributed by atoms with Crippen LogP contribution < -0.4 is 10.1 Å². The van der Waals surface area contributed by atoms with Crippen molar-refractivity contribution >= 4 is 40.3 Å². The van der Waals surface area contributed by atoms with Crippen molar-refractivity contribution in [1.29, 1.82) is 0 Å². The summed E-state index contributed by atoms with van der Waals surface area (Å²) in [5, 5.41) is 3.73. The molecular weight excluding hydrogens is 394 g/mol. The molecule has 1 aromatic heterocycles. The molecule has 148 valence electrons. The van der Waals surface area contributed by atoms with Gasteiger partial charge in [0.1, 0.15) is 11.6 Å². The minimum absolute atomic E-state index is 0.180. The van der Waals surface area contributed by atoms with Crippen molar-refractivity contribution in [3.05, 3.63) is 58.9 Å². The average Bonchev–Trinajstić information content (AvgIpc) is 3.11. The molecule has 0 saturated carbocycles. The van der Waals surface area contributed by atoms with Crippen LogP contribution in [-0.4, -0.2) is 34.0 Å². The maximum absolute atomic E-state index is 12.8. The number of para-hydroxylation sites is 2. The van der Waals surface area contributed by atoms with Crippen LogP contribution in [0, 0.1) is 6.92 Å². The number of aryl methyl sites for hydroxylation is 1. The fraction of sp³-hybridized carbons (Fsp3) is 0.333. The summed E-state index contributed by atoms with van der Waals surface area (Å²) in [6, 6.07) is 13.0. The van der Waals surface area contributed by atoms with Gasteiger partial charge in [0.2, 0.25) is 0 Å². The number of carbonyl (C=O) groups excluding carboxylic acids is 1.